The fourth-order valence-corrected chi connectivity index (χ4v) is 8.49. The number of thiophene rings is 1. The van der Waals surface area contributed by atoms with Crippen molar-refractivity contribution in [2.45, 2.75) is 32.7 Å². The molecule has 0 spiro atoms. The van der Waals surface area contributed by atoms with Gasteiger partial charge in [-0.15, -0.1) is 11.3 Å². The van der Waals surface area contributed by atoms with E-state index in [0.717, 1.165) is 16.0 Å². The predicted molar refractivity (Wildman–Crippen MR) is 181 cm³/mol. The maximum absolute atomic E-state index is 13.6. The van der Waals surface area contributed by atoms with Crippen LogP contribution in [-0.2, 0) is 14.6 Å². The molecule has 0 saturated heterocycles. The number of methoxy groups -OCH3 is 4. The summed E-state index contributed by atoms with van der Waals surface area (Å²) >= 11 is 1.69. The van der Waals surface area contributed by atoms with E-state index in [9.17, 15) is 4.79 Å². The molecule has 43 heavy (non-hydrogen) atoms. The highest BCUT2D eigenvalue weighted by Crippen LogP contribution is 2.46. The number of fused-ring (bicyclic) bond motifs is 1. The van der Waals surface area contributed by atoms with Gasteiger partial charge in [0.25, 0.3) is 0 Å². The molecule has 0 saturated carbocycles. The standard InChI is InChI=1S/C33H40O7SSi2/c1-20(2)33(39-42-7,40-43-8)32-28(37-5)16-23(17-29(32)38-6)25(34)14-13-21-15-24(27(36-4)19-26(21)35-3)31-18-22-11-9-10-12-30(22)41-31/h9-20H,42-43H2,1-8H3. The molecule has 4 aromatic rings. The first-order valence-corrected chi connectivity index (χ1v) is 19.1. The number of rotatable bonds is 14. The number of carbonyl (C=O) groups is 1. The van der Waals surface area contributed by atoms with Crippen LogP contribution in [-0.4, -0.2) is 53.7 Å². The third-order valence-electron chi connectivity index (χ3n) is 7.27. The molecule has 0 aliphatic carbocycles. The molecule has 228 valence electrons. The van der Waals surface area contributed by atoms with Crippen LogP contribution in [0.2, 0.25) is 13.1 Å². The molecule has 0 bridgehead atoms. The van der Waals surface area contributed by atoms with Crippen molar-refractivity contribution in [2.24, 2.45) is 5.92 Å². The van der Waals surface area contributed by atoms with E-state index in [1.807, 2.05) is 24.3 Å². The van der Waals surface area contributed by atoms with Crippen molar-refractivity contribution in [1.82, 2.24) is 0 Å². The first-order chi connectivity index (χ1) is 20.8. The van der Waals surface area contributed by atoms with Crippen LogP contribution in [0.4, 0.5) is 0 Å². The Bertz CT molecular complexity index is 1550. The topological polar surface area (TPSA) is 72.5 Å². The van der Waals surface area contributed by atoms with Crippen molar-refractivity contribution < 1.29 is 32.6 Å². The first-order valence-electron chi connectivity index (χ1n) is 14.3. The van der Waals surface area contributed by atoms with Crippen LogP contribution < -0.4 is 18.9 Å². The summed E-state index contributed by atoms with van der Waals surface area (Å²) < 4.78 is 37.0. The van der Waals surface area contributed by atoms with Gasteiger partial charge in [-0.25, -0.2) is 0 Å². The molecule has 0 atom stereocenters. The zero-order valence-electron chi connectivity index (χ0n) is 26.1. The summed E-state index contributed by atoms with van der Waals surface area (Å²) in [6.07, 6.45) is 3.30. The molecule has 1 heterocycles. The normalized spacial score (nSPS) is 13.5. The summed E-state index contributed by atoms with van der Waals surface area (Å²) in [6, 6.07) is 17.7. The van der Waals surface area contributed by atoms with Gasteiger partial charge in [0.15, 0.2) is 31.1 Å². The fourth-order valence-electron chi connectivity index (χ4n) is 5.26. The van der Waals surface area contributed by atoms with Crippen molar-refractivity contribution in [1.29, 1.82) is 0 Å². The monoisotopic (exact) mass is 636 g/mol. The van der Waals surface area contributed by atoms with Crippen LogP contribution in [0.5, 0.6) is 23.0 Å². The van der Waals surface area contributed by atoms with E-state index in [-0.39, 0.29) is 11.7 Å². The molecular formula is C33H40O7SSi2. The Kier molecular flexibility index (Phi) is 10.9. The van der Waals surface area contributed by atoms with E-state index in [0.29, 0.717) is 34.1 Å². The van der Waals surface area contributed by atoms with E-state index in [4.69, 9.17) is 27.8 Å². The average Bonchev–Trinajstić information content (AvgIpc) is 3.46. The Hall–Kier alpha value is -3.42. The largest absolute Gasteiger partial charge is 0.496 e. The lowest BCUT2D eigenvalue weighted by atomic mass is 9.91. The third-order valence-corrected chi connectivity index (χ3v) is 9.86. The summed E-state index contributed by atoms with van der Waals surface area (Å²) in [5, 5.41) is 1.17. The summed E-state index contributed by atoms with van der Waals surface area (Å²) in [5.41, 5.74) is 2.78. The Morgan fingerprint density at radius 3 is 1.95 bits per heavy atom. The van der Waals surface area contributed by atoms with Gasteiger partial charge < -0.3 is 27.8 Å². The van der Waals surface area contributed by atoms with Crippen LogP contribution in [0.25, 0.3) is 26.6 Å². The second kappa shape index (κ2) is 14.4. The molecule has 1 aromatic heterocycles. The highest BCUT2D eigenvalue weighted by Gasteiger charge is 2.42. The lowest BCUT2D eigenvalue weighted by Crippen LogP contribution is -2.41. The van der Waals surface area contributed by atoms with E-state index in [1.165, 1.54) is 16.2 Å². The second-order valence-corrected chi connectivity index (χ2v) is 12.9. The first kappa shape index (κ1) is 32.5. The number of hydrogen-bond acceptors (Lipinski definition) is 8. The van der Waals surface area contributed by atoms with Gasteiger partial charge in [0.1, 0.15) is 23.0 Å². The van der Waals surface area contributed by atoms with Gasteiger partial charge in [0, 0.05) is 38.3 Å². The number of ketones is 1. The molecule has 10 heteroatoms. The average molecular weight is 637 g/mol. The highest BCUT2D eigenvalue weighted by molar-refractivity contribution is 7.22. The number of carbonyl (C=O) groups excluding carboxylic acids is 1. The number of benzene rings is 3. The summed E-state index contributed by atoms with van der Waals surface area (Å²) in [6.45, 7) is 8.26. The maximum Gasteiger partial charge on any atom is 0.186 e. The predicted octanol–water partition coefficient (Wildman–Crippen LogP) is 6.60. The van der Waals surface area contributed by atoms with E-state index in [1.54, 1.807) is 58.0 Å². The van der Waals surface area contributed by atoms with Gasteiger partial charge >= 0.3 is 0 Å². The molecule has 0 fully saturated rings. The van der Waals surface area contributed by atoms with Crippen LogP contribution in [0.3, 0.4) is 0 Å². The Balaban J connectivity index is 1.77. The smallest absolute Gasteiger partial charge is 0.186 e. The molecule has 7 nitrogen and oxygen atoms in total. The number of hydrogen-bond donors (Lipinski definition) is 0. The van der Waals surface area contributed by atoms with Crippen LogP contribution in [0, 0.1) is 5.92 Å². The van der Waals surface area contributed by atoms with Gasteiger partial charge in [0.2, 0.25) is 0 Å². The molecule has 0 aliphatic heterocycles. The van der Waals surface area contributed by atoms with E-state index < -0.39 is 25.3 Å². The fraction of sp³-hybridized carbons (Fsp3) is 0.303. The molecule has 0 N–H and O–H groups in total. The third kappa shape index (κ3) is 6.58. The van der Waals surface area contributed by atoms with Gasteiger partial charge in [-0.05, 0) is 47.9 Å². The Morgan fingerprint density at radius 2 is 1.42 bits per heavy atom. The molecule has 0 aliphatic rings. The lowest BCUT2D eigenvalue weighted by molar-refractivity contribution is -0.158. The van der Waals surface area contributed by atoms with Crippen molar-refractivity contribution in [2.75, 3.05) is 28.4 Å². The van der Waals surface area contributed by atoms with Crippen molar-refractivity contribution >= 4 is 52.8 Å². The van der Waals surface area contributed by atoms with Crippen molar-refractivity contribution in [3.05, 3.63) is 77.4 Å². The molecule has 0 radical (unpaired) electrons. The maximum atomic E-state index is 13.6. The van der Waals surface area contributed by atoms with Crippen LogP contribution >= 0.6 is 11.3 Å². The second-order valence-electron chi connectivity index (χ2n) is 10.1. The van der Waals surface area contributed by atoms with Gasteiger partial charge in [-0.3, -0.25) is 4.79 Å². The molecule has 0 amide bonds. The minimum atomic E-state index is -0.991. The van der Waals surface area contributed by atoms with E-state index >= 15 is 0 Å². The SMILES string of the molecule is COc1cc(OC)c(-c2cc3ccccc3s2)cc1C=CC(=O)c1cc(OC)c(C(O[SiH2]C)(O[SiH2]C)C(C)C)c(OC)c1. The van der Waals surface area contributed by atoms with Crippen LogP contribution in [0.15, 0.2) is 60.7 Å². The molecule has 0 unspecified atom stereocenters. The zero-order chi connectivity index (χ0) is 31.1. The van der Waals surface area contributed by atoms with Crippen LogP contribution in [0.1, 0.15) is 35.3 Å². The Labute approximate surface area is 262 Å². The number of allylic oxidation sites excluding steroid dienone is 1. The van der Waals surface area contributed by atoms with Gasteiger partial charge in [-0.2, -0.15) is 0 Å². The minimum absolute atomic E-state index is 0.00526. The summed E-state index contributed by atoms with van der Waals surface area (Å²) in [4.78, 5) is 14.7. The zero-order valence-corrected chi connectivity index (χ0v) is 29.8. The number of ether oxygens (including phenoxy) is 4. The van der Waals surface area contributed by atoms with Crippen molar-refractivity contribution in [3.63, 3.8) is 0 Å². The molecular weight excluding hydrogens is 597 g/mol. The van der Waals surface area contributed by atoms with Gasteiger partial charge in [0.05, 0.1) is 34.0 Å². The molecule has 4 rings (SSSR count). The minimum Gasteiger partial charge on any atom is -0.496 e. The van der Waals surface area contributed by atoms with Crippen molar-refractivity contribution in [3.8, 4) is 33.4 Å². The highest BCUT2D eigenvalue weighted by atomic mass is 32.1. The lowest BCUT2D eigenvalue weighted by Gasteiger charge is -2.40. The Morgan fingerprint density at radius 1 is 0.814 bits per heavy atom. The summed E-state index contributed by atoms with van der Waals surface area (Å²) in [7, 11) is 4.69. The quantitative estimate of drug-likeness (QED) is 0.0668. The molecule has 3 aromatic carbocycles. The van der Waals surface area contributed by atoms with Gasteiger partial charge in [-0.1, -0.05) is 45.1 Å². The van der Waals surface area contributed by atoms with E-state index in [2.05, 4.69) is 45.1 Å². The summed E-state index contributed by atoms with van der Waals surface area (Å²) in [5.74, 6) is 1.06.